The first-order valence-corrected chi connectivity index (χ1v) is 8.77. The summed E-state index contributed by atoms with van der Waals surface area (Å²) in [4.78, 5) is 24.4. The van der Waals surface area contributed by atoms with E-state index in [0.717, 1.165) is 23.2 Å². The molecule has 24 heavy (non-hydrogen) atoms. The van der Waals surface area contributed by atoms with Gasteiger partial charge in [0.2, 0.25) is 5.91 Å². The average molecular weight is 336 g/mol. The zero-order valence-electron chi connectivity index (χ0n) is 13.0. The SMILES string of the molecule is O=C(Cc1cncnc1)Nc1nc(-c2ccc3c(c2)CCC3)cs1. The fourth-order valence-electron chi connectivity index (χ4n) is 2.97. The van der Waals surface area contributed by atoms with Crippen molar-refractivity contribution >= 4 is 22.4 Å². The molecule has 4 rings (SSSR count). The Morgan fingerprint density at radius 3 is 2.88 bits per heavy atom. The molecule has 1 N–H and O–H groups in total. The molecule has 2 aromatic heterocycles. The molecule has 0 atom stereocenters. The van der Waals surface area contributed by atoms with Crippen LogP contribution in [-0.2, 0) is 24.1 Å². The fourth-order valence-corrected chi connectivity index (χ4v) is 3.70. The average Bonchev–Trinajstić information content (AvgIpc) is 3.24. The lowest BCUT2D eigenvalue weighted by Gasteiger charge is -2.03. The van der Waals surface area contributed by atoms with Crippen LogP contribution < -0.4 is 5.32 Å². The maximum atomic E-state index is 12.1. The molecule has 1 amide bonds. The number of carbonyl (C=O) groups is 1. The Kier molecular flexibility index (Phi) is 4.04. The number of fused-ring (bicyclic) bond motifs is 1. The van der Waals surface area contributed by atoms with Crippen molar-refractivity contribution in [2.45, 2.75) is 25.7 Å². The molecule has 5 nitrogen and oxygen atoms in total. The number of rotatable bonds is 4. The number of carbonyl (C=O) groups excluding carboxylic acids is 1. The Morgan fingerprint density at radius 1 is 1.17 bits per heavy atom. The van der Waals surface area contributed by atoms with Gasteiger partial charge in [0.1, 0.15) is 6.33 Å². The van der Waals surface area contributed by atoms with Crippen molar-refractivity contribution in [3.63, 3.8) is 0 Å². The lowest BCUT2D eigenvalue weighted by Crippen LogP contribution is -2.14. The second-order valence-corrected chi connectivity index (χ2v) is 6.70. The maximum Gasteiger partial charge on any atom is 0.230 e. The summed E-state index contributed by atoms with van der Waals surface area (Å²) < 4.78 is 0. The van der Waals surface area contributed by atoms with E-state index in [-0.39, 0.29) is 12.3 Å². The van der Waals surface area contributed by atoms with Gasteiger partial charge in [-0.1, -0.05) is 12.1 Å². The van der Waals surface area contributed by atoms with E-state index in [1.807, 2.05) is 5.38 Å². The van der Waals surface area contributed by atoms with Gasteiger partial charge in [0.05, 0.1) is 12.1 Å². The summed E-state index contributed by atoms with van der Waals surface area (Å²) >= 11 is 1.44. The number of nitrogens with one attached hydrogen (secondary N) is 1. The molecule has 3 aromatic rings. The normalized spacial score (nSPS) is 12.8. The molecule has 6 heteroatoms. The number of anilines is 1. The highest BCUT2D eigenvalue weighted by atomic mass is 32.1. The predicted octanol–water partition coefficient (Wildman–Crippen LogP) is 3.27. The third-order valence-corrected chi connectivity index (χ3v) is 4.88. The minimum atomic E-state index is -0.111. The van der Waals surface area contributed by atoms with Gasteiger partial charge in [-0.25, -0.2) is 15.0 Å². The Bertz CT molecular complexity index is 876. The summed E-state index contributed by atoms with van der Waals surface area (Å²) in [5, 5.41) is 5.45. The van der Waals surface area contributed by atoms with Crippen LogP contribution in [0.4, 0.5) is 5.13 Å². The van der Waals surface area contributed by atoms with Crippen molar-refractivity contribution in [3.8, 4) is 11.3 Å². The summed E-state index contributed by atoms with van der Waals surface area (Å²) in [6.07, 6.45) is 8.54. The number of thiazole rings is 1. The van der Waals surface area contributed by atoms with Crippen molar-refractivity contribution in [2.24, 2.45) is 0 Å². The topological polar surface area (TPSA) is 67.8 Å². The lowest BCUT2D eigenvalue weighted by molar-refractivity contribution is -0.115. The van der Waals surface area contributed by atoms with E-state index in [0.29, 0.717) is 5.13 Å². The molecule has 0 saturated heterocycles. The number of aromatic nitrogens is 3. The second-order valence-electron chi connectivity index (χ2n) is 5.85. The first-order valence-electron chi connectivity index (χ1n) is 7.89. The number of hydrogen-bond acceptors (Lipinski definition) is 5. The highest BCUT2D eigenvalue weighted by Gasteiger charge is 2.13. The molecule has 0 unspecified atom stereocenters. The Morgan fingerprint density at radius 2 is 2.00 bits per heavy atom. The van der Waals surface area contributed by atoms with Gasteiger partial charge < -0.3 is 5.32 Å². The van der Waals surface area contributed by atoms with Crippen molar-refractivity contribution in [1.29, 1.82) is 0 Å². The van der Waals surface area contributed by atoms with Crippen molar-refractivity contribution in [3.05, 3.63) is 59.0 Å². The molecule has 2 heterocycles. The van der Waals surface area contributed by atoms with Crippen molar-refractivity contribution < 1.29 is 4.79 Å². The monoisotopic (exact) mass is 336 g/mol. The first-order chi connectivity index (χ1) is 11.8. The largest absolute Gasteiger partial charge is 0.302 e. The first kappa shape index (κ1) is 15.0. The zero-order valence-corrected chi connectivity index (χ0v) is 13.8. The highest BCUT2D eigenvalue weighted by molar-refractivity contribution is 7.14. The van der Waals surface area contributed by atoms with Gasteiger partial charge >= 0.3 is 0 Å². The van der Waals surface area contributed by atoms with Crippen LogP contribution in [0.15, 0.2) is 42.3 Å². The fraction of sp³-hybridized carbons (Fsp3) is 0.222. The van der Waals surface area contributed by atoms with Crippen LogP contribution in [-0.4, -0.2) is 20.9 Å². The lowest BCUT2D eigenvalue weighted by atomic mass is 10.1. The number of nitrogens with zero attached hydrogens (tertiary/aromatic N) is 3. The van der Waals surface area contributed by atoms with E-state index in [2.05, 4.69) is 38.5 Å². The quantitative estimate of drug-likeness (QED) is 0.794. The minimum absolute atomic E-state index is 0.111. The molecular weight excluding hydrogens is 320 g/mol. The van der Waals surface area contributed by atoms with E-state index in [9.17, 15) is 4.79 Å². The van der Waals surface area contributed by atoms with Gasteiger partial charge in [0, 0.05) is 23.3 Å². The van der Waals surface area contributed by atoms with Crippen molar-refractivity contribution in [2.75, 3.05) is 5.32 Å². The van der Waals surface area contributed by atoms with Crippen LogP contribution in [0.3, 0.4) is 0 Å². The Balaban J connectivity index is 1.46. The number of amides is 1. The summed E-state index contributed by atoms with van der Waals surface area (Å²) in [5.74, 6) is -0.111. The molecule has 1 aromatic carbocycles. The summed E-state index contributed by atoms with van der Waals surface area (Å²) in [6.45, 7) is 0. The van der Waals surface area contributed by atoms with Gasteiger partial charge in [0.25, 0.3) is 0 Å². The van der Waals surface area contributed by atoms with Crippen molar-refractivity contribution in [1.82, 2.24) is 15.0 Å². The maximum absolute atomic E-state index is 12.1. The van der Waals surface area contributed by atoms with Crippen LogP contribution >= 0.6 is 11.3 Å². The standard InChI is InChI=1S/C18H16N4OS/c23-17(6-12-8-19-11-20-9-12)22-18-21-16(10-24-18)15-5-4-13-2-1-3-14(13)7-15/h4-5,7-11H,1-3,6H2,(H,21,22,23). The molecule has 0 spiro atoms. The summed E-state index contributed by atoms with van der Waals surface area (Å²) in [7, 11) is 0. The summed E-state index contributed by atoms with van der Waals surface area (Å²) in [5.41, 5.74) is 5.69. The van der Waals surface area contributed by atoms with Gasteiger partial charge in [-0.05, 0) is 42.0 Å². The summed E-state index contributed by atoms with van der Waals surface area (Å²) in [6, 6.07) is 6.54. The third kappa shape index (κ3) is 3.19. The van der Waals surface area contributed by atoms with E-state index in [1.165, 1.54) is 41.6 Å². The van der Waals surface area contributed by atoms with Gasteiger partial charge in [-0.15, -0.1) is 11.3 Å². The van der Waals surface area contributed by atoms with E-state index in [1.54, 1.807) is 12.4 Å². The number of benzene rings is 1. The molecule has 0 aliphatic heterocycles. The third-order valence-electron chi connectivity index (χ3n) is 4.12. The van der Waals surface area contributed by atoms with Crippen LogP contribution in [0.25, 0.3) is 11.3 Å². The minimum Gasteiger partial charge on any atom is -0.302 e. The number of hydrogen-bond donors (Lipinski definition) is 1. The van der Waals surface area contributed by atoms with Crippen LogP contribution in [0, 0.1) is 0 Å². The van der Waals surface area contributed by atoms with Crippen LogP contribution in [0.2, 0.25) is 0 Å². The Hall–Kier alpha value is -2.60. The molecule has 1 aliphatic carbocycles. The molecule has 1 aliphatic rings. The number of aryl methyl sites for hydroxylation is 2. The second kappa shape index (κ2) is 6.49. The molecule has 0 fully saturated rings. The molecule has 0 saturated carbocycles. The highest BCUT2D eigenvalue weighted by Crippen LogP contribution is 2.30. The van der Waals surface area contributed by atoms with E-state index in [4.69, 9.17) is 0 Å². The predicted molar refractivity (Wildman–Crippen MR) is 93.9 cm³/mol. The molecule has 120 valence electrons. The molecular formula is C18H16N4OS. The molecule has 0 radical (unpaired) electrons. The van der Waals surface area contributed by atoms with E-state index < -0.39 is 0 Å². The van der Waals surface area contributed by atoms with Gasteiger partial charge in [-0.3, -0.25) is 4.79 Å². The van der Waals surface area contributed by atoms with Gasteiger partial charge in [0.15, 0.2) is 5.13 Å². The zero-order chi connectivity index (χ0) is 16.4. The van der Waals surface area contributed by atoms with Crippen LogP contribution in [0.5, 0.6) is 0 Å². The van der Waals surface area contributed by atoms with E-state index >= 15 is 0 Å². The van der Waals surface area contributed by atoms with Gasteiger partial charge in [-0.2, -0.15) is 0 Å². The van der Waals surface area contributed by atoms with Crippen LogP contribution in [0.1, 0.15) is 23.1 Å². The molecule has 0 bridgehead atoms. The Labute approximate surface area is 143 Å². The smallest absolute Gasteiger partial charge is 0.230 e.